The van der Waals surface area contributed by atoms with Gasteiger partial charge < -0.3 is 30.4 Å². The molecule has 0 radical (unpaired) electrons. The van der Waals surface area contributed by atoms with Crippen LogP contribution in [0.5, 0.6) is 11.5 Å². The summed E-state index contributed by atoms with van der Waals surface area (Å²) in [6, 6.07) is 13.9. The summed E-state index contributed by atoms with van der Waals surface area (Å²) in [5, 5.41) is 5.89. The topological polar surface area (TPSA) is 116 Å². The third-order valence-electron chi connectivity index (χ3n) is 5.89. The van der Waals surface area contributed by atoms with Crippen molar-refractivity contribution in [1.82, 2.24) is 14.5 Å². The fourth-order valence-corrected chi connectivity index (χ4v) is 4.07. The smallest absolute Gasteiger partial charge is 0.239 e. The Morgan fingerprint density at radius 1 is 1.23 bits per heavy atom. The average Bonchev–Trinajstić information content (AvgIpc) is 3.49. The number of hydrogen-bond donors (Lipinski definition) is 3. The quantitative estimate of drug-likeness (QED) is 0.369. The molecule has 35 heavy (non-hydrogen) atoms. The van der Waals surface area contributed by atoms with Gasteiger partial charge in [0.2, 0.25) is 11.9 Å². The number of aryl methyl sites for hydroxylation is 1. The summed E-state index contributed by atoms with van der Waals surface area (Å²) in [4.78, 5) is 20.3. The van der Waals surface area contributed by atoms with Crippen molar-refractivity contribution in [2.24, 2.45) is 12.8 Å². The molecule has 0 aliphatic carbocycles. The van der Waals surface area contributed by atoms with Crippen LogP contribution in [0.2, 0.25) is 0 Å². The van der Waals surface area contributed by atoms with Gasteiger partial charge in [0.15, 0.2) is 0 Å². The van der Waals surface area contributed by atoms with E-state index in [1.54, 1.807) is 18.2 Å². The van der Waals surface area contributed by atoms with Crippen LogP contribution in [0, 0.1) is 5.82 Å². The van der Waals surface area contributed by atoms with Gasteiger partial charge in [-0.15, -0.1) is 0 Å². The summed E-state index contributed by atoms with van der Waals surface area (Å²) in [7, 11) is 1.91. The van der Waals surface area contributed by atoms with Crippen LogP contribution in [-0.4, -0.2) is 40.2 Å². The van der Waals surface area contributed by atoms with Gasteiger partial charge in [-0.05, 0) is 48.4 Å². The Labute approximate surface area is 201 Å². The van der Waals surface area contributed by atoms with Crippen molar-refractivity contribution in [3.63, 3.8) is 0 Å². The van der Waals surface area contributed by atoms with Crippen LogP contribution in [0.1, 0.15) is 17.9 Å². The summed E-state index contributed by atoms with van der Waals surface area (Å²) in [6.45, 7) is 1.06. The monoisotopic (exact) mass is 476 g/mol. The van der Waals surface area contributed by atoms with E-state index >= 15 is 0 Å². The van der Waals surface area contributed by atoms with Crippen LogP contribution < -0.4 is 21.1 Å². The lowest BCUT2D eigenvalue weighted by molar-refractivity contribution is -0.114. The normalized spacial score (nSPS) is 15.3. The summed E-state index contributed by atoms with van der Waals surface area (Å²) in [5.74, 6) is 1.56. The molecule has 9 nitrogen and oxygen atoms in total. The zero-order valence-electron chi connectivity index (χ0n) is 19.1. The van der Waals surface area contributed by atoms with Gasteiger partial charge in [-0.3, -0.25) is 4.79 Å². The van der Waals surface area contributed by atoms with Crippen molar-refractivity contribution >= 4 is 34.4 Å². The minimum Gasteiger partial charge on any atom is -0.457 e. The molecule has 2 aromatic carbocycles. The molecule has 5 rings (SSSR count). The zero-order chi connectivity index (χ0) is 24.4. The Morgan fingerprint density at radius 3 is 2.89 bits per heavy atom. The maximum absolute atomic E-state index is 14.4. The highest BCUT2D eigenvalue weighted by atomic mass is 19.1. The van der Waals surface area contributed by atoms with E-state index in [9.17, 15) is 9.18 Å². The number of ether oxygens (including phenoxy) is 2. The van der Waals surface area contributed by atoms with Crippen LogP contribution in [0.25, 0.3) is 11.0 Å². The van der Waals surface area contributed by atoms with Gasteiger partial charge in [0.05, 0.1) is 24.2 Å². The van der Waals surface area contributed by atoms with E-state index in [1.165, 1.54) is 12.3 Å². The molecular formula is C25H25FN6O3. The predicted octanol–water partition coefficient (Wildman–Crippen LogP) is 4.04. The van der Waals surface area contributed by atoms with Crippen LogP contribution in [0.15, 0.2) is 54.7 Å². The van der Waals surface area contributed by atoms with Crippen molar-refractivity contribution in [3.8, 4) is 11.5 Å². The van der Waals surface area contributed by atoms with Crippen LogP contribution in [-0.2, 0) is 16.6 Å². The highest BCUT2D eigenvalue weighted by Gasteiger charge is 2.21. The highest BCUT2D eigenvalue weighted by Crippen LogP contribution is 2.32. The fourth-order valence-electron chi connectivity index (χ4n) is 4.07. The highest BCUT2D eigenvalue weighted by molar-refractivity contribution is 5.91. The zero-order valence-corrected chi connectivity index (χ0v) is 19.1. The number of anilines is 3. The lowest BCUT2D eigenvalue weighted by atomic mass is 9.97. The van der Waals surface area contributed by atoms with Crippen molar-refractivity contribution in [2.75, 3.05) is 30.4 Å². The molecule has 4 N–H and O–H groups in total. The molecule has 1 amide bonds. The molecule has 10 heteroatoms. The summed E-state index contributed by atoms with van der Waals surface area (Å²) in [6.07, 6.45) is 2.35. The minimum absolute atomic E-state index is 0.0641. The van der Waals surface area contributed by atoms with Crippen LogP contribution in [0.4, 0.5) is 21.8 Å². The molecule has 3 heterocycles. The Morgan fingerprint density at radius 2 is 2.09 bits per heavy atom. The Hall–Kier alpha value is -4.02. The molecule has 0 bridgehead atoms. The van der Waals surface area contributed by atoms with E-state index in [2.05, 4.69) is 15.6 Å². The van der Waals surface area contributed by atoms with E-state index in [1.807, 2.05) is 35.9 Å². The van der Waals surface area contributed by atoms with Gasteiger partial charge in [0.1, 0.15) is 23.1 Å². The number of nitrogens with zero attached hydrogens (tertiary/aromatic N) is 3. The molecule has 1 aliphatic heterocycles. The third-order valence-corrected chi connectivity index (χ3v) is 5.89. The number of nitrogens with two attached hydrogens (primary N) is 1. The standard InChI is InChI=1S/C25H25FN6O3/c1-32-22-5-3-17(35-18-6-8-28-23(12-18)31-24(33)13-27)11-21(22)30-25(32)29-16-2-4-20(26)19(10-16)15-7-9-34-14-15/h2-6,8,10-12,15H,7,9,13-14,27H2,1H3,(H,29,30)(H,28,31,33). The number of benzene rings is 2. The summed E-state index contributed by atoms with van der Waals surface area (Å²) >= 11 is 0. The Bertz CT molecular complexity index is 1380. The van der Waals surface area contributed by atoms with Gasteiger partial charge in [-0.25, -0.2) is 14.4 Å². The van der Waals surface area contributed by atoms with Crippen LogP contribution >= 0.6 is 0 Å². The Kier molecular flexibility index (Phi) is 6.30. The van der Waals surface area contributed by atoms with Crippen molar-refractivity contribution in [3.05, 3.63) is 66.1 Å². The summed E-state index contributed by atoms with van der Waals surface area (Å²) in [5.41, 5.74) is 8.37. The van der Waals surface area contributed by atoms with Crippen molar-refractivity contribution < 1.29 is 18.7 Å². The van der Waals surface area contributed by atoms with Gasteiger partial charge in [-0.1, -0.05) is 0 Å². The Balaban J connectivity index is 1.36. The molecule has 1 saturated heterocycles. The molecule has 1 aliphatic rings. The first-order valence-corrected chi connectivity index (χ1v) is 11.2. The first-order valence-electron chi connectivity index (χ1n) is 11.2. The van der Waals surface area contributed by atoms with Crippen LogP contribution in [0.3, 0.4) is 0 Å². The van der Waals surface area contributed by atoms with E-state index in [-0.39, 0.29) is 24.2 Å². The largest absolute Gasteiger partial charge is 0.457 e. The number of aromatic nitrogens is 3. The number of rotatable bonds is 7. The van der Waals surface area contributed by atoms with E-state index in [0.29, 0.717) is 42.0 Å². The summed E-state index contributed by atoms with van der Waals surface area (Å²) < 4.78 is 27.7. The number of pyridine rings is 1. The van der Waals surface area contributed by atoms with E-state index in [4.69, 9.17) is 20.2 Å². The number of hydrogen-bond acceptors (Lipinski definition) is 7. The van der Waals surface area contributed by atoms with Gasteiger partial charge in [-0.2, -0.15) is 0 Å². The lowest BCUT2D eigenvalue weighted by Gasteiger charge is -2.12. The number of halogens is 1. The molecule has 2 aromatic heterocycles. The number of imidazole rings is 1. The van der Waals surface area contributed by atoms with E-state index in [0.717, 1.165) is 23.1 Å². The molecule has 1 unspecified atom stereocenters. The first kappa shape index (κ1) is 22.8. The van der Waals surface area contributed by atoms with Crippen molar-refractivity contribution in [2.45, 2.75) is 12.3 Å². The average molecular weight is 477 g/mol. The minimum atomic E-state index is -0.338. The van der Waals surface area contributed by atoms with Gasteiger partial charge in [0.25, 0.3) is 0 Å². The molecule has 180 valence electrons. The number of carbonyl (C=O) groups is 1. The lowest BCUT2D eigenvalue weighted by Crippen LogP contribution is -2.22. The molecular weight excluding hydrogens is 451 g/mol. The fraction of sp³-hybridized carbons (Fsp3) is 0.240. The van der Waals surface area contributed by atoms with Gasteiger partial charge >= 0.3 is 0 Å². The SMILES string of the molecule is Cn1c(Nc2ccc(F)c(C3CCOC3)c2)nc2cc(Oc3ccnc(NC(=O)CN)c3)ccc21. The second-order valence-corrected chi connectivity index (χ2v) is 8.30. The molecule has 0 saturated carbocycles. The number of fused-ring (bicyclic) bond motifs is 1. The second-order valence-electron chi connectivity index (χ2n) is 8.30. The predicted molar refractivity (Wildman–Crippen MR) is 131 cm³/mol. The first-order chi connectivity index (χ1) is 17.0. The van der Waals surface area contributed by atoms with Crippen molar-refractivity contribution in [1.29, 1.82) is 0 Å². The maximum Gasteiger partial charge on any atom is 0.239 e. The number of amides is 1. The second kappa shape index (κ2) is 9.69. The van der Waals surface area contributed by atoms with E-state index < -0.39 is 0 Å². The molecule has 4 aromatic rings. The van der Waals surface area contributed by atoms with Gasteiger partial charge in [0, 0.05) is 43.6 Å². The molecule has 1 fully saturated rings. The number of carbonyl (C=O) groups excluding carboxylic acids is 1. The molecule has 0 spiro atoms. The maximum atomic E-state index is 14.4. The number of nitrogens with one attached hydrogen (secondary N) is 2. The molecule has 1 atom stereocenters. The third kappa shape index (κ3) is 4.93.